The van der Waals surface area contributed by atoms with Crippen molar-refractivity contribution in [2.45, 2.75) is 59.1 Å². The Morgan fingerprint density at radius 3 is 2.67 bits per heavy atom. The first-order valence-corrected chi connectivity index (χ1v) is 6.50. The SMILES string of the molecule is CCCNC(C(C)C)C1CCOC(C)C1. The Bertz CT molecular complexity index is 170. The summed E-state index contributed by atoms with van der Waals surface area (Å²) in [6.07, 6.45) is 4.12. The third kappa shape index (κ3) is 4.12. The summed E-state index contributed by atoms with van der Waals surface area (Å²) in [6.45, 7) is 11.2. The Kier molecular flexibility index (Phi) is 5.62. The van der Waals surface area contributed by atoms with Gasteiger partial charge in [-0.3, -0.25) is 0 Å². The molecule has 1 aliphatic heterocycles. The number of nitrogens with one attached hydrogen (secondary N) is 1. The second kappa shape index (κ2) is 6.49. The Balaban J connectivity index is 2.46. The van der Waals surface area contributed by atoms with Crippen LogP contribution in [0.15, 0.2) is 0 Å². The smallest absolute Gasteiger partial charge is 0.0550 e. The summed E-state index contributed by atoms with van der Waals surface area (Å²) in [7, 11) is 0. The van der Waals surface area contributed by atoms with Crippen LogP contribution in [0.2, 0.25) is 0 Å². The van der Waals surface area contributed by atoms with Crippen LogP contribution in [0.25, 0.3) is 0 Å². The lowest BCUT2D eigenvalue weighted by atomic mass is 9.83. The molecule has 2 heteroatoms. The van der Waals surface area contributed by atoms with E-state index in [1.54, 1.807) is 0 Å². The lowest BCUT2D eigenvalue weighted by Gasteiger charge is -2.36. The molecule has 0 amide bonds. The molecule has 0 aromatic carbocycles. The van der Waals surface area contributed by atoms with Crippen molar-refractivity contribution < 1.29 is 4.74 Å². The van der Waals surface area contributed by atoms with E-state index in [1.165, 1.54) is 19.3 Å². The fourth-order valence-electron chi connectivity index (χ4n) is 2.62. The van der Waals surface area contributed by atoms with E-state index in [2.05, 4.69) is 33.0 Å². The van der Waals surface area contributed by atoms with Crippen molar-refractivity contribution in [2.24, 2.45) is 11.8 Å². The number of hydrogen-bond acceptors (Lipinski definition) is 2. The molecule has 1 aliphatic rings. The molecular formula is C13H27NO. The molecule has 1 fully saturated rings. The van der Waals surface area contributed by atoms with Crippen molar-refractivity contribution in [1.29, 1.82) is 0 Å². The van der Waals surface area contributed by atoms with E-state index in [-0.39, 0.29) is 0 Å². The fourth-order valence-corrected chi connectivity index (χ4v) is 2.62. The Hall–Kier alpha value is -0.0800. The maximum Gasteiger partial charge on any atom is 0.0550 e. The highest BCUT2D eigenvalue weighted by Gasteiger charge is 2.28. The number of ether oxygens (including phenoxy) is 1. The molecule has 2 nitrogen and oxygen atoms in total. The zero-order valence-electron chi connectivity index (χ0n) is 10.8. The van der Waals surface area contributed by atoms with Crippen LogP contribution in [-0.4, -0.2) is 25.3 Å². The van der Waals surface area contributed by atoms with Gasteiger partial charge in [0.2, 0.25) is 0 Å². The predicted molar refractivity (Wildman–Crippen MR) is 65.1 cm³/mol. The monoisotopic (exact) mass is 213 g/mol. The minimum absolute atomic E-state index is 0.452. The molecule has 0 spiro atoms. The van der Waals surface area contributed by atoms with Gasteiger partial charge in [-0.2, -0.15) is 0 Å². The van der Waals surface area contributed by atoms with E-state index in [0.29, 0.717) is 12.1 Å². The molecule has 1 rings (SSSR count). The lowest BCUT2D eigenvalue weighted by Crippen LogP contribution is -2.44. The molecule has 0 aliphatic carbocycles. The van der Waals surface area contributed by atoms with Crippen molar-refractivity contribution in [1.82, 2.24) is 5.32 Å². The zero-order valence-corrected chi connectivity index (χ0v) is 10.8. The van der Waals surface area contributed by atoms with E-state index in [0.717, 1.165) is 25.0 Å². The summed E-state index contributed by atoms with van der Waals surface area (Å²) >= 11 is 0. The van der Waals surface area contributed by atoms with Gasteiger partial charge in [0.25, 0.3) is 0 Å². The largest absolute Gasteiger partial charge is 0.378 e. The number of rotatable bonds is 5. The topological polar surface area (TPSA) is 21.3 Å². The minimum atomic E-state index is 0.452. The van der Waals surface area contributed by atoms with Gasteiger partial charge < -0.3 is 10.1 Å². The van der Waals surface area contributed by atoms with Crippen molar-refractivity contribution in [3.05, 3.63) is 0 Å². The van der Waals surface area contributed by atoms with Crippen LogP contribution in [0.5, 0.6) is 0 Å². The second-order valence-electron chi connectivity index (χ2n) is 5.19. The van der Waals surface area contributed by atoms with Crippen molar-refractivity contribution >= 4 is 0 Å². The van der Waals surface area contributed by atoms with Crippen LogP contribution >= 0.6 is 0 Å². The normalized spacial score (nSPS) is 29.4. The molecule has 0 aromatic heterocycles. The molecular weight excluding hydrogens is 186 g/mol. The minimum Gasteiger partial charge on any atom is -0.378 e. The summed E-state index contributed by atoms with van der Waals surface area (Å²) in [5.41, 5.74) is 0. The van der Waals surface area contributed by atoms with E-state index in [1.807, 2.05) is 0 Å². The molecule has 1 heterocycles. The third-order valence-electron chi connectivity index (χ3n) is 3.38. The molecule has 0 saturated carbocycles. The van der Waals surface area contributed by atoms with Crippen molar-refractivity contribution in [3.8, 4) is 0 Å². The average molecular weight is 213 g/mol. The van der Waals surface area contributed by atoms with Crippen LogP contribution < -0.4 is 5.32 Å². The molecule has 3 unspecified atom stereocenters. The first-order valence-electron chi connectivity index (χ1n) is 6.50. The molecule has 1 N–H and O–H groups in total. The van der Waals surface area contributed by atoms with Gasteiger partial charge in [-0.15, -0.1) is 0 Å². The summed E-state index contributed by atoms with van der Waals surface area (Å²) < 4.78 is 5.61. The summed E-state index contributed by atoms with van der Waals surface area (Å²) in [6, 6.07) is 0.677. The average Bonchev–Trinajstić information content (AvgIpc) is 2.18. The quantitative estimate of drug-likeness (QED) is 0.758. The van der Waals surface area contributed by atoms with Gasteiger partial charge in [0.05, 0.1) is 6.10 Å². The summed E-state index contributed by atoms with van der Waals surface area (Å²) in [5, 5.41) is 3.70. The van der Waals surface area contributed by atoms with Crippen LogP contribution in [0.1, 0.15) is 47.0 Å². The van der Waals surface area contributed by atoms with Gasteiger partial charge in [0.15, 0.2) is 0 Å². The highest BCUT2D eigenvalue weighted by molar-refractivity contribution is 4.82. The lowest BCUT2D eigenvalue weighted by molar-refractivity contribution is -0.0106. The van der Waals surface area contributed by atoms with Crippen molar-refractivity contribution in [3.63, 3.8) is 0 Å². The van der Waals surface area contributed by atoms with E-state index >= 15 is 0 Å². The van der Waals surface area contributed by atoms with Gasteiger partial charge in [0.1, 0.15) is 0 Å². The van der Waals surface area contributed by atoms with Crippen LogP contribution in [0.3, 0.4) is 0 Å². The highest BCUT2D eigenvalue weighted by Crippen LogP contribution is 2.26. The maximum absolute atomic E-state index is 5.61. The fraction of sp³-hybridized carbons (Fsp3) is 1.00. The molecule has 0 radical (unpaired) electrons. The Morgan fingerprint density at radius 2 is 2.13 bits per heavy atom. The van der Waals surface area contributed by atoms with Gasteiger partial charge in [0, 0.05) is 12.6 Å². The van der Waals surface area contributed by atoms with Gasteiger partial charge in [-0.25, -0.2) is 0 Å². The molecule has 15 heavy (non-hydrogen) atoms. The molecule has 0 bridgehead atoms. The van der Waals surface area contributed by atoms with Crippen molar-refractivity contribution in [2.75, 3.05) is 13.2 Å². The molecule has 3 atom stereocenters. The van der Waals surface area contributed by atoms with Crippen LogP contribution in [-0.2, 0) is 4.74 Å². The predicted octanol–water partition coefficient (Wildman–Crippen LogP) is 2.83. The zero-order chi connectivity index (χ0) is 11.3. The molecule has 90 valence electrons. The van der Waals surface area contributed by atoms with Crippen LogP contribution in [0, 0.1) is 11.8 Å². The Morgan fingerprint density at radius 1 is 1.40 bits per heavy atom. The standard InChI is InChI=1S/C13H27NO/c1-5-7-14-13(10(2)3)12-6-8-15-11(4)9-12/h10-14H,5-9H2,1-4H3. The molecule has 0 aromatic rings. The summed E-state index contributed by atoms with van der Waals surface area (Å²) in [5.74, 6) is 1.53. The van der Waals surface area contributed by atoms with E-state index < -0.39 is 0 Å². The van der Waals surface area contributed by atoms with Gasteiger partial charge >= 0.3 is 0 Å². The highest BCUT2D eigenvalue weighted by atomic mass is 16.5. The van der Waals surface area contributed by atoms with Gasteiger partial charge in [-0.05, 0) is 44.6 Å². The van der Waals surface area contributed by atoms with E-state index in [9.17, 15) is 0 Å². The first kappa shape index (κ1) is 13.0. The third-order valence-corrected chi connectivity index (χ3v) is 3.38. The van der Waals surface area contributed by atoms with E-state index in [4.69, 9.17) is 4.74 Å². The maximum atomic E-state index is 5.61. The Labute approximate surface area is 94.8 Å². The molecule has 1 saturated heterocycles. The van der Waals surface area contributed by atoms with Crippen LogP contribution in [0.4, 0.5) is 0 Å². The second-order valence-corrected chi connectivity index (χ2v) is 5.19. The first-order chi connectivity index (χ1) is 7.15. The van der Waals surface area contributed by atoms with Gasteiger partial charge in [-0.1, -0.05) is 20.8 Å². The summed E-state index contributed by atoms with van der Waals surface area (Å²) in [4.78, 5) is 0. The number of hydrogen-bond donors (Lipinski definition) is 1.